The second kappa shape index (κ2) is 6.68. The highest BCUT2D eigenvalue weighted by Gasteiger charge is 2.14. The summed E-state index contributed by atoms with van der Waals surface area (Å²) in [6, 6.07) is 10.1. The largest absolute Gasteiger partial charge is 0.491 e. The number of benzene rings is 1. The second-order valence-electron chi connectivity index (χ2n) is 5.05. The molecule has 2 heterocycles. The van der Waals surface area contributed by atoms with Crippen molar-refractivity contribution >= 4 is 10.9 Å². The zero-order chi connectivity index (χ0) is 13.6. The number of nitrogens with zero attached hydrogens (tertiary/aromatic N) is 1. The minimum Gasteiger partial charge on any atom is -0.491 e. The Labute approximate surface area is 119 Å². The van der Waals surface area contributed by atoms with Gasteiger partial charge in [-0.1, -0.05) is 18.2 Å². The van der Waals surface area contributed by atoms with E-state index in [-0.39, 0.29) is 0 Å². The SMILES string of the molecule is c1ccc2ncc(OCCNCC3CCCO3)cc2c1. The summed E-state index contributed by atoms with van der Waals surface area (Å²) in [7, 11) is 0. The van der Waals surface area contributed by atoms with E-state index in [4.69, 9.17) is 9.47 Å². The smallest absolute Gasteiger partial charge is 0.138 e. The van der Waals surface area contributed by atoms with Crippen LogP contribution < -0.4 is 10.1 Å². The van der Waals surface area contributed by atoms with Crippen LogP contribution in [0.2, 0.25) is 0 Å². The van der Waals surface area contributed by atoms with Gasteiger partial charge in [0.1, 0.15) is 12.4 Å². The maximum atomic E-state index is 5.71. The molecule has 0 aliphatic carbocycles. The van der Waals surface area contributed by atoms with Crippen molar-refractivity contribution in [2.24, 2.45) is 0 Å². The summed E-state index contributed by atoms with van der Waals surface area (Å²) in [5.74, 6) is 0.822. The van der Waals surface area contributed by atoms with Crippen LogP contribution in [0.4, 0.5) is 0 Å². The van der Waals surface area contributed by atoms with Crippen molar-refractivity contribution in [3.63, 3.8) is 0 Å². The summed E-state index contributed by atoms with van der Waals surface area (Å²) in [5.41, 5.74) is 0.997. The van der Waals surface area contributed by atoms with Crippen molar-refractivity contribution in [2.75, 3.05) is 26.3 Å². The van der Waals surface area contributed by atoms with E-state index in [1.165, 1.54) is 12.8 Å². The number of ether oxygens (including phenoxy) is 2. The summed E-state index contributed by atoms with van der Waals surface area (Å²) < 4.78 is 11.3. The molecule has 4 nitrogen and oxygen atoms in total. The first-order valence-electron chi connectivity index (χ1n) is 7.22. The predicted octanol–water partition coefficient (Wildman–Crippen LogP) is 2.38. The highest BCUT2D eigenvalue weighted by molar-refractivity contribution is 5.79. The lowest BCUT2D eigenvalue weighted by Gasteiger charge is -2.11. The van der Waals surface area contributed by atoms with Crippen LogP contribution >= 0.6 is 0 Å². The predicted molar refractivity (Wildman–Crippen MR) is 79.1 cm³/mol. The second-order valence-corrected chi connectivity index (χ2v) is 5.05. The summed E-state index contributed by atoms with van der Waals surface area (Å²) in [4.78, 5) is 4.38. The molecule has 1 atom stereocenters. The van der Waals surface area contributed by atoms with Gasteiger partial charge < -0.3 is 14.8 Å². The van der Waals surface area contributed by atoms with E-state index in [0.717, 1.165) is 36.3 Å². The molecule has 0 saturated carbocycles. The molecule has 1 saturated heterocycles. The highest BCUT2D eigenvalue weighted by Crippen LogP contribution is 2.17. The molecule has 1 aliphatic heterocycles. The van der Waals surface area contributed by atoms with Crippen molar-refractivity contribution in [1.29, 1.82) is 0 Å². The monoisotopic (exact) mass is 272 g/mol. The Morgan fingerprint density at radius 1 is 1.35 bits per heavy atom. The fraction of sp³-hybridized carbons (Fsp3) is 0.438. The van der Waals surface area contributed by atoms with Crippen LogP contribution in [0, 0.1) is 0 Å². The van der Waals surface area contributed by atoms with Crippen molar-refractivity contribution in [2.45, 2.75) is 18.9 Å². The van der Waals surface area contributed by atoms with Crippen LogP contribution in [-0.4, -0.2) is 37.4 Å². The van der Waals surface area contributed by atoms with Gasteiger partial charge in [-0.15, -0.1) is 0 Å². The normalized spacial score (nSPS) is 18.5. The van der Waals surface area contributed by atoms with E-state index in [0.29, 0.717) is 12.7 Å². The van der Waals surface area contributed by atoms with Gasteiger partial charge in [-0.05, 0) is 25.0 Å². The molecule has 1 aliphatic rings. The third kappa shape index (κ3) is 3.46. The van der Waals surface area contributed by atoms with E-state index in [1.54, 1.807) is 6.20 Å². The van der Waals surface area contributed by atoms with Gasteiger partial charge >= 0.3 is 0 Å². The number of rotatable bonds is 6. The topological polar surface area (TPSA) is 43.4 Å². The number of aromatic nitrogens is 1. The van der Waals surface area contributed by atoms with Crippen molar-refractivity contribution in [1.82, 2.24) is 10.3 Å². The summed E-state index contributed by atoms with van der Waals surface area (Å²) in [5, 5.41) is 4.47. The van der Waals surface area contributed by atoms with Gasteiger partial charge in [0, 0.05) is 25.1 Å². The van der Waals surface area contributed by atoms with Crippen LogP contribution in [0.5, 0.6) is 5.75 Å². The fourth-order valence-electron chi connectivity index (χ4n) is 2.44. The van der Waals surface area contributed by atoms with Crippen molar-refractivity contribution < 1.29 is 9.47 Å². The first-order valence-corrected chi connectivity index (χ1v) is 7.22. The van der Waals surface area contributed by atoms with E-state index in [9.17, 15) is 0 Å². The Morgan fingerprint density at radius 3 is 3.20 bits per heavy atom. The molecule has 0 amide bonds. The molecule has 20 heavy (non-hydrogen) atoms. The Bertz CT molecular complexity index is 553. The Morgan fingerprint density at radius 2 is 2.30 bits per heavy atom. The Hall–Kier alpha value is -1.65. The number of hydrogen-bond acceptors (Lipinski definition) is 4. The van der Waals surface area contributed by atoms with E-state index >= 15 is 0 Å². The molecule has 2 aromatic rings. The number of fused-ring (bicyclic) bond motifs is 1. The minimum absolute atomic E-state index is 0.386. The van der Waals surface area contributed by atoms with Crippen LogP contribution in [0.15, 0.2) is 36.5 Å². The maximum absolute atomic E-state index is 5.71. The molecule has 1 fully saturated rings. The molecular weight excluding hydrogens is 252 g/mol. The van der Waals surface area contributed by atoms with Crippen molar-refractivity contribution in [3.05, 3.63) is 36.5 Å². The van der Waals surface area contributed by atoms with Crippen LogP contribution in [-0.2, 0) is 4.74 Å². The molecule has 106 valence electrons. The number of nitrogens with one attached hydrogen (secondary N) is 1. The average Bonchev–Trinajstić information content (AvgIpc) is 3.00. The third-order valence-corrected chi connectivity index (χ3v) is 3.51. The first-order chi connectivity index (χ1) is 9.92. The van der Waals surface area contributed by atoms with Crippen LogP contribution in [0.1, 0.15) is 12.8 Å². The quantitative estimate of drug-likeness (QED) is 0.820. The first kappa shape index (κ1) is 13.3. The van der Waals surface area contributed by atoms with Crippen LogP contribution in [0.3, 0.4) is 0 Å². The Kier molecular flexibility index (Phi) is 4.46. The fourth-order valence-corrected chi connectivity index (χ4v) is 2.44. The molecule has 3 rings (SSSR count). The van der Waals surface area contributed by atoms with E-state index < -0.39 is 0 Å². The van der Waals surface area contributed by atoms with Gasteiger partial charge in [0.15, 0.2) is 0 Å². The number of para-hydroxylation sites is 1. The van der Waals surface area contributed by atoms with Gasteiger partial charge in [0.2, 0.25) is 0 Å². The molecule has 1 aromatic carbocycles. The number of pyridine rings is 1. The summed E-state index contributed by atoms with van der Waals surface area (Å²) in [6.45, 7) is 3.30. The van der Waals surface area contributed by atoms with Gasteiger partial charge in [0.25, 0.3) is 0 Å². The van der Waals surface area contributed by atoms with Gasteiger partial charge in [-0.3, -0.25) is 4.98 Å². The standard InChI is InChI=1S/C16H20N2O2/c1-2-6-16-13(4-1)10-15(12-18-16)20-9-7-17-11-14-5-3-8-19-14/h1-2,4,6,10,12,14,17H,3,5,7-9,11H2. The zero-order valence-electron chi connectivity index (χ0n) is 11.5. The molecule has 1 aromatic heterocycles. The minimum atomic E-state index is 0.386. The average molecular weight is 272 g/mol. The summed E-state index contributed by atoms with van der Waals surface area (Å²) >= 11 is 0. The number of hydrogen-bond donors (Lipinski definition) is 1. The molecule has 0 spiro atoms. The lowest BCUT2D eigenvalue weighted by molar-refractivity contribution is 0.109. The molecule has 0 radical (unpaired) electrons. The molecule has 4 heteroatoms. The van der Waals surface area contributed by atoms with Gasteiger partial charge in [-0.2, -0.15) is 0 Å². The van der Waals surface area contributed by atoms with Crippen LogP contribution in [0.25, 0.3) is 10.9 Å². The highest BCUT2D eigenvalue weighted by atomic mass is 16.5. The van der Waals surface area contributed by atoms with E-state index in [1.807, 2.05) is 30.3 Å². The lowest BCUT2D eigenvalue weighted by atomic mass is 10.2. The zero-order valence-corrected chi connectivity index (χ0v) is 11.5. The third-order valence-electron chi connectivity index (χ3n) is 3.51. The van der Waals surface area contributed by atoms with Gasteiger partial charge in [-0.25, -0.2) is 0 Å². The molecule has 1 unspecified atom stereocenters. The molecular formula is C16H20N2O2. The maximum Gasteiger partial charge on any atom is 0.138 e. The molecule has 1 N–H and O–H groups in total. The van der Waals surface area contributed by atoms with Gasteiger partial charge in [0.05, 0.1) is 17.8 Å². The lowest BCUT2D eigenvalue weighted by Crippen LogP contribution is -2.29. The molecule has 0 bridgehead atoms. The van der Waals surface area contributed by atoms with E-state index in [2.05, 4.69) is 10.3 Å². The summed E-state index contributed by atoms with van der Waals surface area (Å²) in [6.07, 6.45) is 4.52. The Balaban J connectivity index is 1.42. The van der Waals surface area contributed by atoms with Crippen molar-refractivity contribution in [3.8, 4) is 5.75 Å².